The smallest absolute Gasteiger partial charge is 0.212 e. The van der Waals surface area contributed by atoms with E-state index in [1.165, 1.54) is 0 Å². The zero-order chi connectivity index (χ0) is 9.03. The highest BCUT2D eigenvalue weighted by molar-refractivity contribution is 9.10. The van der Waals surface area contributed by atoms with Crippen molar-refractivity contribution in [2.24, 2.45) is 0 Å². The average Bonchev–Trinajstić information content (AvgIpc) is 2.06. The molecule has 6 heteroatoms. The fourth-order valence-corrected chi connectivity index (χ4v) is 3.41. The zero-order valence-electron chi connectivity index (χ0n) is 6.62. The van der Waals surface area contributed by atoms with Gasteiger partial charge in [0.15, 0.2) is 0 Å². The number of nitrogens with one attached hydrogen (secondary N) is 1. The number of hydrogen-bond donors (Lipinski definition) is 1. The lowest BCUT2D eigenvalue weighted by Gasteiger charge is -2.21. The van der Waals surface area contributed by atoms with Gasteiger partial charge in [0.2, 0.25) is 10.0 Å². The Labute approximate surface area is 85.9 Å². The van der Waals surface area contributed by atoms with E-state index in [0.717, 1.165) is 24.3 Å². The summed E-state index contributed by atoms with van der Waals surface area (Å²) >= 11 is 4.83. The number of hydrogen-bond acceptors (Lipinski definition) is 3. The minimum atomic E-state index is -3.06. The number of rotatable bonds is 3. The molecule has 0 amide bonds. The Morgan fingerprint density at radius 2 is 2.00 bits per heavy atom. The Balaban J connectivity index is 2.39. The van der Waals surface area contributed by atoms with Gasteiger partial charge in [-0.05, 0) is 24.3 Å². The molecule has 1 aliphatic rings. The van der Waals surface area contributed by atoms with Crippen LogP contribution >= 0.6 is 27.7 Å². The van der Waals surface area contributed by atoms with Crippen molar-refractivity contribution >= 4 is 37.7 Å². The molecule has 0 unspecified atom stereocenters. The van der Waals surface area contributed by atoms with Crippen LogP contribution in [0.5, 0.6) is 0 Å². The summed E-state index contributed by atoms with van der Waals surface area (Å²) in [6, 6.07) is 0.161. The van der Waals surface area contributed by atoms with Crippen LogP contribution in [0.1, 0.15) is 12.8 Å². The van der Waals surface area contributed by atoms with E-state index < -0.39 is 10.0 Å². The molecule has 0 spiro atoms. The summed E-state index contributed by atoms with van der Waals surface area (Å²) in [5, 5.41) is 0. The molecule has 0 aromatic carbocycles. The average molecular weight is 274 g/mol. The van der Waals surface area contributed by atoms with Crippen molar-refractivity contribution in [3.8, 4) is 0 Å². The highest BCUT2D eigenvalue weighted by Crippen LogP contribution is 2.17. The Kier molecular flexibility index (Phi) is 4.36. The summed E-state index contributed by atoms with van der Waals surface area (Å²) in [5.41, 5.74) is 0. The molecule has 1 rings (SSSR count). The molecule has 0 bridgehead atoms. The Morgan fingerprint density at radius 3 is 2.50 bits per heavy atom. The molecule has 1 N–H and O–H groups in total. The second kappa shape index (κ2) is 4.83. The van der Waals surface area contributed by atoms with Crippen LogP contribution in [0.15, 0.2) is 0 Å². The van der Waals surface area contributed by atoms with E-state index in [1.54, 1.807) is 0 Å². The minimum absolute atomic E-state index is 0.00361. The fraction of sp³-hybridized carbons (Fsp3) is 1.00. The Bertz CT molecular complexity index is 224. The van der Waals surface area contributed by atoms with Crippen molar-refractivity contribution in [1.82, 2.24) is 4.72 Å². The van der Waals surface area contributed by atoms with Crippen LogP contribution in [0.3, 0.4) is 0 Å². The fourth-order valence-electron chi connectivity index (χ4n) is 1.10. The molecular formula is C6H12BrNO2S2. The molecule has 0 aromatic heterocycles. The maximum Gasteiger partial charge on any atom is 0.221 e. The Hall–Kier alpha value is 0.740. The molecule has 1 fully saturated rings. The predicted octanol–water partition coefficient (Wildman–Crippen LogP) is 1.15. The Morgan fingerprint density at radius 1 is 1.42 bits per heavy atom. The molecule has 3 nitrogen and oxygen atoms in total. The monoisotopic (exact) mass is 273 g/mol. The summed E-state index contributed by atoms with van der Waals surface area (Å²) in [6.07, 6.45) is 1.91. The van der Waals surface area contributed by atoms with Crippen LogP contribution in [0.4, 0.5) is 0 Å². The van der Waals surface area contributed by atoms with Crippen molar-refractivity contribution in [3.63, 3.8) is 0 Å². The molecule has 0 atom stereocenters. The van der Waals surface area contributed by atoms with Crippen molar-refractivity contribution in [1.29, 1.82) is 0 Å². The van der Waals surface area contributed by atoms with Gasteiger partial charge in [-0.25, -0.2) is 13.1 Å². The SMILES string of the molecule is O=S(=O)(CBr)NC1CCSCC1. The van der Waals surface area contributed by atoms with Crippen LogP contribution in [0.2, 0.25) is 0 Å². The molecule has 0 aromatic rings. The van der Waals surface area contributed by atoms with E-state index >= 15 is 0 Å². The van der Waals surface area contributed by atoms with E-state index in [1.807, 2.05) is 11.8 Å². The third-order valence-electron chi connectivity index (χ3n) is 1.71. The summed E-state index contributed by atoms with van der Waals surface area (Å²) in [7, 11) is -3.06. The van der Waals surface area contributed by atoms with Gasteiger partial charge in [0.25, 0.3) is 0 Å². The van der Waals surface area contributed by atoms with Crippen LogP contribution in [-0.2, 0) is 10.0 Å². The number of thioether (sulfide) groups is 1. The summed E-state index contributed by atoms with van der Waals surface area (Å²) in [6.45, 7) is 0. The van der Waals surface area contributed by atoms with Crippen molar-refractivity contribution in [3.05, 3.63) is 0 Å². The quantitative estimate of drug-likeness (QED) is 0.785. The van der Waals surface area contributed by atoms with Crippen LogP contribution in [0.25, 0.3) is 0 Å². The van der Waals surface area contributed by atoms with Crippen molar-refractivity contribution in [2.45, 2.75) is 18.9 Å². The predicted molar refractivity (Wildman–Crippen MR) is 56.2 cm³/mol. The van der Waals surface area contributed by atoms with E-state index in [4.69, 9.17) is 0 Å². The normalized spacial score (nSPS) is 21.1. The first-order valence-corrected chi connectivity index (χ1v) is 7.70. The maximum atomic E-state index is 11.1. The first-order chi connectivity index (χ1) is 5.64. The van der Waals surface area contributed by atoms with Crippen LogP contribution in [-0.4, -0.2) is 30.6 Å². The summed E-state index contributed by atoms with van der Waals surface area (Å²) < 4.78 is 24.9. The molecule has 0 radical (unpaired) electrons. The minimum Gasteiger partial charge on any atom is -0.212 e. The molecule has 1 saturated heterocycles. The topological polar surface area (TPSA) is 46.2 Å². The number of alkyl halides is 1. The van der Waals surface area contributed by atoms with Gasteiger partial charge in [-0.15, -0.1) is 0 Å². The largest absolute Gasteiger partial charge is 0.221 e. The van der Waals surface area contributed by atoms with Gasteiger partial charge in [-0.1, -0.05) is 15.9 Å². The zero-order valence-corrected chi connectivity index (χ0v) is 9.84. The van der Waals surface area contributed by atoms with E-state index in [0.29, 0.717) is 0 Å². The summed E-state index contributed by atoms with van der Waals surface area (Å²) in [4.78, 5) is 0. The van der Waals surface area contributed by atoms with E-state index in [-0.39, 0.29) is 10.7 Å². The summed E-state index contributed by atoms with van der Waals surface area (Å²) in [5.74, 6) is 2.13. The highest BCUT2D eigenvalue weighted by Gasteiger charge is 2.18. The third kappa shape index (κ3) is 3.64. The molecule has 0 saturated carbocycles. The molecule has 72 valence electrons. The van der Waals surface area contributed by atoms with Crippen molar-refractivity contribution in [2.75, 3.05) is 16.2 Å². The van der Waals surface area contributed by atoms with Crippen LogP contribution < -0.4 is 4.72 Å². The molecule has 1 aliphatic heterocycles. The van der Waals surface area contributed by atoms with Gasteiger partial charge < -0.3 is 0 Å². The lowest BCUT2D eigenvalue weighted by atomic mass is 10.2. The highest BCUT2D eigenvalue weighted by atomic mass is 79.9. The molecule has 1 heterocycles. The van der Waals surface area contributed by atoms with Crippen LogP contribution in [0, 0.1) is 0 Å². The molecular weight excluding hydrogens is 262 g/mol. The lowest BCUT2D eigenvalue weighted by molar-refractivity contribution is 0.532. The third-order valence-corrected chi connectivity index (χ3v) is 5.55. The first-order valence-electron chi connectivity index (χ1n) is 3.78. The second-order valence-corrected chi connectivity index (χ2v) is 7.01. The second-order valence-electron chi connectivity index (χ2n) is 2.73. The first kappa shape index (κ1) is 10.8. The van der Waals surface area contributed by atoms with E-state index in [9.17, 15) is 8.42 Å². The van der Waals surface area contributed by atoms with Gasteiger partial charge in [-0.3, -0.25) is 0 Å². The molecule has 0 aliphatic carbocycles. The number of halogens is 1. The van der Waals surface area contributed by atoms with Gasteiger partial charge in [0.05, 0.1) is 0 Å². The van der Waals surface area contributed by atoms with Crippen molar-refractivity contribution < 1.29 is 8.42 Å². The van der Waals surface area contributed by atoms with Gasteiger partial charge in [0.1, 0.15) is 4.66 Å². The van der Waals surface area contributed by atoms with Gasteiger partial charge >= 0.3 is 0 Å². The van der Waals surface area contributed by atoms with Gasteiger partial charge in [0, 0.05) is 6.04 Å². The van der Waals surface area contributed by atoms with Gasteiger partial charge in [-0.2, -0.15) is 11.8 Å². The maximum absolute atomic E-state index is 11.1. The van der Waals surface area contributed by atoms with E-state index in [2.05, 4.69) is 20.7 Å². The molecule has 12 heavy (non-hydrogen) atoms. The lowest BCUT2D eigenvalue weighted by Crippen LogP contribution is -2.37. The standard InChI is InChI=1S/C6H12BrNO2S2/c7-5-12(9,10)8-6-1-3-11-4-2-6/h6,8H,1-5H2. The number of sulfonamides is 1.